The number of para-hydroxylation sites is 2. The van der Waals surface area contributed by atoms with Gasteiger partial charge in [-0.3, -0.25) is 0 Å². The molecule has 2 nitrogen and oxygen atoms in total. The molecule has 0 bridgehead atoms. The summed E-state index contributed by atoms with van der Waals surface area (Å²) in [4.78, 5) is 4.82. The minimum Gasteiger partial charge on any atom is -0.310 e. The van der Waals surface area contributed by atoms with Gasteiger partial charge in [0.05, 0.1) is 0 Å². The van der Waals surface area contributed by atoms with Crippen LogP contribution in [0, 0.1) is 0 Å². The molecule has 14 rings (SSSR count). The monoisotopic (exact) mass is 940 g/mol. The number of fused-ring (bicyclic) bond motifs is 6. The van der Waals surface area contributed by atoms with Crippen molar-refractivity contribution in [1.29, 1.82) is 0 Å². The topological polar surface area (TPSA) is 6.48 Å². The van der Waals surface area contributed by atoms with E-state index >= 15 is 0 Å². The average Bonchev–Trinajstić information content (AvgIpc) is 3.50. The van der Waals surface area contributed by atoms with E-state index in [1.807, 2.05) is 0 Å². The number of hydrogen-bond donors (Lipinski definition) is 0. The molecule has 0 fully saturated rings. The number of anilines is 6. The molecule has 14 aromatic carbocycles. The highest BCUT2D eigenvalue weighted by Crippen LogP contribution is 2.50. The molecule has 0 aliphatic carbocycles. The quantitative estimate of drug-likeness (QED) is 0.133. The Kier molecular flexibility index (Phi) is 10.6. The van der Waals surface area contributed by atoms with Gasteiger partial charge in [0.2, 0.25) is 0 Å². The van der Waals surface area contributed by atoms with Crippen LogP contribution in [0.25, 0.3) is 98.0 Å². The number of benzene rings is 14. The average molecular weight is 941 g/mol. The maximum atomic E-state index is 2.45. The standard InChI is InChI=1S/C72H48N2/c1-3-27-59(28-4-1)73(61-37-35-50-18-8-11-22-55(50)45-61)63-40-42-68-69(47-63)71(58-26-15-25-54(44-58)57-34-33-49-17-7-10-21-53(49)43-57)67-41-39-64(48-70(67)72(68)66-32-16-24-52-20-13-14-31-65(52)66)74(60-29-5-2-6-30-60)62-38-36-51-19-9-12-23-56(51)46-62/h1-48H. The molecule has 14 aromatic rings. The van der Waals surface area contributed by atoms with E-state index in [1.165, 1.54) is 92.5 Å². The molecular weight excluding hydrogens is 893 g/mol. The Morgan fingerprint density at radius 1 is 0.176 bits per heavy atom. The van der Waals surface area contributed by atoms with Gasteiger partial charge in [-0.25, -0.2) is 0 Å². The van der Waals surface area contributed by atoms with E-state index in [-0.39, 0.29) is 0 Å². The van der Waals surface area contributed by atoms with Crippen LogP contribution in [-0.2, 0) is 0 Å². The lowest BCUT2D eigenvalue weighted by atomic mass is 9.83. The van der Waals surface area contributed by atoms with Gasteiger partial charge in [-0.1, -0.05) is 206 Å². The lowest BCUT2D eigenvalue weighted by Gasteiger charge is -2.28. The van der Waals surface area contributed by atoms with Crippen LogP contribution in [0.15, 0.2) is 291 Å². The third-order valence-electron chi connectivity index (χ3n) is 14.9. The maximum absolute atomic E-state index is 2.45. The molecule has 0 radical (unpaired) electrons. The molecule has 0 aliphatic heterocycles. The molecule has 0 saturated carbocycles. The second-order valence-corrected chi connectivity index (χ2v) is 19.3. The van der Waals surface area contributed by atoms with Crippen LogP contribution in [-0.4, -0.2) is 0 Å². The first kappa shape index (κ1) is 43.1. The zero-order valence-corrected chi connectivity index (χ0v) is 40.6. The van der Waals surface area contributed by atoms with Gasteiger partial charge in [-0.2, -0.15) is 0 Å². The van der Waals surface area contributed by atoms with Crippen molar-refractivity contribution in [2.45, 2.75) is 0 Å². The molecule has 0 heterocycles. The van der Waals surface area contributed by atoms with Crippen LogP contribution in [0.3, 0.4) is 0 Å². The molecule has 0 saturated heterocycles. The fourth-order valence-corrected chi connectivity index (χ4v) is 11.4. The van der Waals surface area contributed by atoms with Crippen molar-refractivity contribution in [1.82, 2.24) is 0 Å². The lowest BCUT2D eigenvalue weighted by Crippen LogP contribution is -2.10. The molecule has 0 spiro atoms. The molecule has 74 heavy (non-hydrogen) atoms. The molecule has 0 aromatic heterocycles. The van der Waals surface area contributed by atoms with Gasteiger partial charge in [-0.15, -0.1) is 0 Å². The van der Waals surface area contributed by atoms with E-state index in [1.54, 1.807) is 0 Å². The fourth-order valence-electron chi connectivity index (χ4n) is 11.4. The number of hydrogen-bond acceptors (Lipinski definition) is 2. The second-order valence-electron chi connectivity index (χ2n) is 19.3. The van der Waals surface area contributed by atoms with E-state index < -0.39 is 0 Å². The zero-order valence-electron chi connectivity index (χ0n) is 40.6. The first-order chi connectivity index (χ1) is 36.7. The van der Waals surface area contributed by atoms with Gasteiger partial charge in [0.25, 0.3) is 0 Å². The molecule has 0 atom stereocenters. The first-order valence-corrected chi connectivity index (χ1v) is 25.5. The lowest BCUT2D eigenvalue weighted by molar-refractivity contribution is 1.29. The predicted molar refractivity (Wildman–Crippen MR) is 317 cm³/mol. The van der Waals surface area contributed by atoms with E-state index in [4.69, 9.17) is 0 Å². The van der Waals surface area contributed by atoms with Crippen molar-refractivity contribution in [3.05, 3.63) is 291 Å². The SMILES string of the molecule is c1ccc(N(c2ccc3ccccc3c2)c2ccc3c(-c4cccc5ccccc45)c4cc(N(c5ccccc5)c5ccc6ccccc6c5)ccc4c(-c4cccc(-c5ccc6ccccc6c5)c4)c3c2)cc1. The van der Waals surface area contributed by atoms with Gasteiger partial charge >= 0.3 is 0 Å². The molecule has 0 aliphatic rings. The van der Waals surface area contributed by atoms with Crippen LogP contribution in [0.4, 0.5) is 34.1 Å². The Morgan fingerprint density at radius 2 is 0.581 bits per heavy atom. The van der Waals surface area contributed by atoms with Crippen LogP contribution >= 0.6 is 0 Å². The third-order valence-corrected chi connectivity index (χ3v) is 14.9. The highest BCUT2D eigenvalue weighted by molar-refractivity contribution is 6.25. The van der Waals surface area contributed by atoms with Crippen LogP contribution in [0.5, 0.6) is 0 Å². The smallest absolute Gasteiger partial charge is 0.0468 e. The Bertz CT molecular complexity index is 4440. The van der Waals surface area contributed by atoms with E-state index in [0.29, 0.717) is 0 Å². The molecular formula is C72H48N2. The number of rotatable bonds is 9. The molecule has 0 N–H and O–H groups in total. The molecule has 0 unspecified atom stereocenters. The van der Waals surface area contributed by atoms with Crippen LogP contribution in [0.2, 0.25) is 0 Å². The van der Waals surface area contributed by atoms with Crippen molar-refractivity contribution in [3.8, 4) is 33.4 Å². The fraction of sp³-hybridized carbons (Fsp3) is 0. The van der Waals surface area contributed by atoms with E-state index in [9.17, 15) is 0 Å². The molecule has 346 valence electrons. The van der Waals surface area contributed by atoms with Crippen molar-refractivity contribution >= 4 is 98.8 Å². The summed E-state index contributed by atoms with van der Waals surface area (Å²) >= 11 is 0. The highest BCUT2D eigenvalue weighted by Gasteiger charge is 2.23. The van der Waals surface area contributed by atoms with Crippen molar-refractivity contribution in [2.24, 2.45) is 0 Å². The van der Waals surface area contributed by atoms with Crippen molar-refractivity contribution < 1.29 is 0 Å². The Morgan fingerprint density at radius 3 is 1.18 bits per heavy atom. The van der Waals surface area contributed by atoms with Gasteiger partial charge in [0.15, 0.2) is 0 Å². The molecule has 2 heteroatoms. The van der Waals surface area contributed by atoms with Gasteiger partial charge < -0.3 is 9.80 Å². The van der Waals surface area contributed by atoms with Gasteiger partial charge in [0, 0.05) is 34.1 Å². The zero-order chi connectivity index (χ0) is 49.0. The predicted octanol–water partition coefficient (Wildman–Crippen LogP) is 20.5. The van der Waals surface area contributed by atoms with Gasteiger partial charge in [-0.05, 0) is 183 Å². The van der Waals surface area contributed by atoms with Crippen molar-refractivity contribution in [3.63, 3.8) is 0 Å². The summed E-state index contributed by atoms with van der Waals surface area (Å²) in [6, 6.07) is 107. The summed E-state index contributed by atoms with van der Waals surface area (Å²) < 4.78 is 0. The highest BCUT2D eigenvalue weighted by atomic mass is 15.1. The normalized spacial score (nSPS) is 11.5. The summed E-state index contributed by atoms with van der Waals surface area (Å²) in [7, 11) is 0. The van der Waals surface area contributed by atoms with Crippen LogP contribution < -0.4 is 9.80 Å². The maximum Gasteiger partial charge on any atom is 0.0468 e. The minimum absolute atomic E-state index is 1.08. The second kappa shape index (κ2) is 18.1. The van der Waals surface area contributed by atoms with Crippen molar-refractivity contribution in [2.75, 3.05) is 9.80 Å². The Labute approximate surface area is 430 Å². The summed E-state index contributed by atoms with van der Waals surface area (Å²) in [5, 5.41) is 14.4. The Balaban J connectivity index is 1.09. The first-order valence-electron chi connectivity index (χ1n) is 25.5. The van der Waals surface area contributed by atoms with Crippen LogP contribution in [0.1, 0.15) is 0 Å². The van der Waals surface area contributed by atoms with E-state index in [0.717, 1.165) is 39.7 Å². The summed E-state index contributed by atoms with van der Waals surface area (Å²) in [6.45, 7) is 0. The number of nitrogens with zero attached hydrogens (tertiary/aromatic N) is 2. The Hall–Kier alpha value is -9.76. The summed E-state index contributed by atoms with van der Waals surface area (Å²) in [6.07, 6.45) is 0. The summed E-state index contributed by atoms with van der Waals surface area (Å²) in [5.74, 6) is 0. The van der Waals surface area contributed by atoms with Gasteiger partial charge in [0.1, 0.15) is 0 Å². The minimum atomic E-state index is 1.08. The molecule has 0 amide bonds. The third kappa shape index (κ3) is 7.60. The largest absolute Gasteiger partial charge is 0.310 e. The van der Waals surface area contributed by atoms with E-state index in [2.05, 4.69) is 301 Å². The summed E-state index contributed by atoms with van der Waals surface area (Å²) in [5.41, 5.74) is 13.7.